The number of phosphoric ester groups is 3. The van der Waals surface area contributed by atoms with Crippen molar-refractivity contribution in [3.05, 3.63) is 49.1 Å². The van der Waals surface area contributed by atoms with Crippen LogP contribution < -0.4 is 16.4 Å². The Morgan fingerprint density at radius 1 is 0.984 bits per heavy atom. The van der Waals surface area contributed by atoms with Gasteiger partial charge in [0.05, 0.1) is 19.5 Å². The summed E-state index contributed by atoms with van der Waals surface area (Å²) < 4.78 is 62.2. The highest BCUT2D eigenvalue weighted by atomic mass is 32.2. The van der Waals surface area contributed by atoms with Crippen molar-refractivity contribution in [3.8, 4) is 0 Å². The minimum absolute atomic E-state index is 0.0205. The lowest BCUT2D eigenvalue weighted by molar-refractivity contribution is -0.137. The first-order valence-electron chi connectivity index (χ1n) is 18.5. The molecule has 3 heterocycles. The maximum atomic E-state index is 12.7. The fourth-order valence-corrected chi connectivity index (χ4v) is 8.80. The van der Waals surface area contributed by atoms with Crippen LogP contribution in [0.4, 0.5) is 5.82 Å². The number of thioether (sulfide) groups is 1. The van der Waals surface area contributed by atoms with Crippen LogP contribution in [0.25, 0.3) is 11.2 Å². The largest absolute Gasteiger partial charge is 0.481 e. The number of phosphoric acid groups is 3. The molecule has 61 heavy (non-hydrogen) atoms. The SMILES string of the molecule is C/C=C/CC/C=C/C=C/CCC(=O)SCCNC(=O)CCNC(=O)C(O)C(C)(C)COP(=O)(O)OP(=O)(O)OCC1OC(n2cnc3c(N)ncnc32)C(O)C1OP(=O)(O)O. The van der Waals surface area contributed by atoms with Crippen LogP contribution in [0.15, 0.2) is 49.1 Å². The highest BCUT2D eigenvalue weighted by molar-refractivity contribution is 8.13. The lowest BCUT2D eigenvalue weighted by atomic mass is 9.87. The number of unbranched alkanes of at least 4 members (excludes halogenated alkanes) is 1. The molecule has 1 aliphatic rings. The first kappa shape index (κ1) is 52.1. The maximum absolute atomic E-state index is 12.7. The van der Waals surface area contributed by atoms with Gasteiger partial charge >= 0.3 is 23.5 Å². The van der Waals surface area contributed by atoms with Gasteiger partial charge in [-0.1, -0.05) is 62.1 Å². The third kappa shape index (κ3) is 17.8. The molecule has 1 fully saturated rings. The lowest BCUT2D eigenvalue weighted by Crippen LogP contribution is -2.46. The Labute approximate surface area is 354 Å². The summed E-state index contributed by atoms with van der Waals surface area (Å²) in [5, 5.41) is 26.4. The van der Waals surface area contributed by atoms with Crippen LogP contribution in [0.5, 0.6) is 0 Å². The number of nitrogens with one attached hydrogen (secondary N) is 2. The lowest BCUT2D eigenvalue weighted by Gasteiger charge is -2.30. The number of amides is 2. The number of carbonyl (C=O) groups excluding carboxylic acids is 3. The molecule has 0 aliphatic carbocycles. The van der Waals surface area contributed by atoms with Crippen LogP contribution in [-0.2, 0) is 50.7 Å². The Balaban J connectivity index is 1.41. The minimum atomic E-state index is -5.58. The number of aromatic nitrogens is 4. The standard InChI is InChI=1S/C33H52N7O17P3S/c1-4-5-6-7-8-9-10-11-12-13-24(42)61-17-16-35-23(41)14-15-36-31(45)28(44)33(2,3)19-54-60(51,52)57-59(49,50)53-18-22-27(56-58(46,47)48)26(43)32(55-22)40-21-39-25-29(34)37-20-38-30(25)40/h4-5,8-11,20-22,26-28,32,43-44H,6-7,12-19H2,1-3H3,(H,35,41)(H,36,45)(H,49,50)(H,51,52)(H2,34,37,38)(H2,46,47,48)/b5-4+,9-8+,11-10+. The molecule has 1 aliphatic heterocycles. The molecule has 7 unspecified atom stereocenters. The summed E-state index contributed by atoms with van der Waals surface area (Å²) in [7, 11) is -16.4. The molecule has 0 saturated carbocycles. The van der Waals surface area contributed by atoms with Crippen molar-refractivity contribution in [2.24, 2.45) is 5.41 Å². The van der Waals surface area contributed by atoms with Crippen LogP contribution >= 0.6 is 35.2 Å². The number of aliphatic hydroxyl groups is 2. The molecule has 10 N–H and O–H groups in total. The first-order chi connectivity index (χ1) is 28.6. The van der Waals surface area contributed by atoms with E-state index in [1.54, 1.807) is 0 Å². The summed E-state index contributed by atoms with van der Waals surface area (Å²) >= 11 is 1.09. The minimum Gasteiger partial charge on any atom is -0.386 e. The second kappa shape index (κ2) is 24.0. The summed E-state index contributed by atoms with van der Waals surface area (Å²) in [5.74, 6) is -1.11. The molecule has 342 valence electrons. The Hall–Kier alpha value is -3.22. The Kier molecular flexibility index (Phi) is 20.5. The average Bonchev–Trinajstić information content (AvgIpc) is 3.73. The third-order valence-electron chi connectivity index (χ3n) is 8.40. The van der Waals surface area contributed by atoms with Gasteiger partial charge in [-0.25, -0.2) is 28.6 Å². The van der Waals surface area contributed by atoms with E-state index in [-0.39, 0.29) is 41.6 Å². The van der Waals surface area contributed by atoms with Gasteiger partial charge in [0.25, 0.3) is 0 Å². The number of nitrogens with two attached hydrogens (primary N) is 1. The molecule has 0 aromatic carbocycles. The number of nitrogen functional groups attached to an aromatic ring is 1. The number of aliphatic hydroxyl groups excluding tert-OH is 2. The number of carbonyl (C=O) groups is 3. The molecule has 2 amide bonds. The molecule has 28 heteroatoms. The van der Waals surface area contributed by atoms with Gasteiger partial charge < -0.3 is 50.9 Å². The van der Waals surface area contributed by atoms with E-state index in [1.165, 1.54) is 13.8 Å². The monoisotopic (exact) mass is 943 g/mol. The Bertz CT molecular complexity index is 2030. The number of ether oxygens (including phenoxy) is 1. The van der Waals surface area contributed by atoms with Crippen LogP contribution in [0.3, 0.4) is 0 Å². The van der Waals surface area contributed by atoms with E-state index in [1.807, 2.05) is 37.3 Å². The molecule has 0 spiro atoms. The van der Waals surface area contributed by atoms with E-state index >= 15 is 0 Å². The number of allylic oxidation sites excluding steroid dienone is 6. The van der Waals surface area contributed by atoms with Crippen molar-refractivity contribution < 1.29 is 80.5 Å². The number of fused-ring (bicyclic) bond motifs is 1. The number of hydrogen-bond acceptors (Lipinski definition) is 18. The van der Waals surface area contributed by atoms with E-state index in [0.29, 0.717) is 18.6 Å². The summed E-state index contributed by atoms with van der Waals surface area (Å²) in [6.07, 6.45) is 7.80. The van der Waals surface area contributed by atoms with Gasteiger partial charge in [0.2, 0.25) is 11.8 Å². The first-order valence-corrected chi connectivity index (χ1v) is 24.0. The maximum Gasteiger partial charge on any atom is 0.481 e. The van der Waals surface area contributed by atoms with Gasteiger partial charge in [0.15, 0.2) is 22.8 Å². The molecule has 3 rings (SSSR count). The highest BCUT2D eigenvalue weighted by Crippen LogP contribution is 2.61. The molecule has 2 aromatic rings. The molecule has 2 aromatic heterocycles. The number of nitrogens with zero attached hydrogens (tertiary/aromatic N) is 4. The van der Waals surface area contributed by atoms with Crippen LogP contribution in [0.1, 0.15) is 59.1 Å². The van der Waals surface area contributed by atoms with Gasteiger partial charge in [-0.2, -0.15) is 4.31 Å². The van der Waals surface area contributed by atoms with Crippen molar-refractivity contribution in [2.45, 2.75) is 83.5 Å². The molecular formula is C33H52N7O17P3S. The van der Waals surface area contributed by atoms with Crippen molar-refractivity contribution in [1.82, 2.24) is 30.2 Å². The van der Waals surface area contributed by atoms with E-state index in [2.05, 4.69) is 40.5 Å². The summed E-state index contributed by atoms with van der Waals surface area (Å²) in [4.78, 5) is 87.9. The van der Waals surface area contributed by atoms with Gasteiger partial charge in [-0.3, -0.25) is 32.5 Å². The smallest absolute Gasteiger partial charge is 0.386 e. The zero-order chi connectivity index (χ0) is 45.4. The number of rotatable bonds is 26. The second-order valence-electron chi connectivity index (χ2n) is 13.8. The Morgan fingerprint density at radius 3 is 2.34 bits per heavy atom. The van der Waals surface area contributed by atoms with Crippen molar-refractivity contribution in [1.29, 1.82) is 0 Å². The Morgan fingerprint density at radius 2 is 1.66 bits per heavy atom. The summed E-state index contributed by atoms with van der Waals surface area (Å²) in [5.41, 5.74) is 4.26. The molecule has 7 atom stereocenters. The van der Waals surface area contributed by atoms with E-state index < -0.39 is 84.6 Å². The van der Waals surface area contributed by atoms with E-state index in [0.717, 1.165) is 41.8 Å². The van der Waals surface area contributed by atoms with Crippen molar-refractivity contribution in [2.75, 3.05) is 37.8 Å². The molecule has 1 saturated heterocycles. The van der Waals surface area contributed by atoms with Gasteiger partial charge in [0.1, 0.15) is 36.3 Å². The van der Waals surface area contributed by atoms with Gasteiger partial charge in [0, 0.05) is 37.1 Å². The normalized spacial score (nSPS) is 21.3. The van der Waals surface area contributed by atoms with E-state index in [4.69, 9.17) is 19.5 Å². The predicted molar refractivity (Wildman–Crippen MR) is 219 cm³/mol. The summed E-state index contributed by atoms with van der Waals surface area (Å²) in [6.45, 7) is 2.46. The van der Waals surface area contributed by atoms with E-state index in [9.17, 15) is 57.9 Å². The molecule has 0 bridgehead atoms. The fraction of sp³-hybridized carbons (Fsp3) is 0.576. The van der Waals surface area contributed by atoms with Crippen molar-refractivity contribution in [3.63, 3.8) is 0 Å². The van der Waals surface area contributed by atoms with Crippen LogP contribution in [0.2, 0.25) is 0 Å². The number of anilines is 1. The highest BCUT2D eigenvalue weighted by Gasteiger charge is 2.50. The van der Waals surface area contributed by atoms with Crippen LogP contribution in [0, 0.1) is 5.41 Å². The molecule has 0 radical (unpaired) electrons. The number of hydrogen-bond donors (Lipinski definition) is 9. The molecular weight excluding hydrogens is 891 g/mol. The van der Waals surface area contributed by atoms with Crippen molar-refractivity contribution >= 4 is 69.1 Å². The topological polar surface area (TPSA) is 364 Å². The van der Waals surface area contributed by atoms with Gasteiger partial charge in [-0.15, -0.1) is 0 Å². The average molecular weight is 944 g/mol. The third-order valence-corrected chi connectivity index (χ3v) is 12.4. The number of imidazole rings is 1. The van der Waals surface area contributed by atoms with Crippen LogP contribution in [-0.4, -0.2) is 123 Å². The zero-order valence-corrected chi connectivity index (χ0v) is 36.9. The van der Waals surface area contributed by atoms with Gasteiger partial charge in [-0.05, 0) is 26.2 Å². The predicted octanol–water partition coefficient (Wildman–Crippen LogP) is 1.91. The second-order valence-corrected chi connectivity index (χ2v) is 19.2. The fourth-order valence-electron chi connectivity index (χ4n) is 5.28. The zero-order valence-electron chi connectivity index (χ0n) is 33.4. The quantitative estimate of drug-likeness (QED) is 0.0281. The summed E-state index contributed by atoms with van der Waals surface area (Å²) in [6, 6.07) is 0. The molecule has 24 nitrogen and oxygen atoms in total.